The number of rotatable bonds is 3. The Morgan fingerprint density at radius 1 is 1.40 bits per heavy atom. The standard InChI is InChI=1S/C15H21N3O2/c1-16-15(19)14-3-2-12-13(20-14)6-9-18(12)10-11-4-7-17-8-5-11/h4-5,7-8,12-14H,2-3,6,9-10H2,1H3,(H,16,19)/t12-,13-,14+/m1/s1. The lowest BCUT2D eigenvalue weighted by Crippen LogP contribution is -2.47. The van der Waals surface area contributed by atoms with E-state index in [1.807, 2.05) is 12.4 Å². The molecule has 2 aliphatic rings. The number of likely N-dealkylation sites (N-methyl/N-ethyl adjacent to an activating group) is 1. The number of nitrogens with zero attached hydrogens (tertiary/aromatic N) is 2. The highest BCUT2D eigenvalue weighted by Crippen LogP contribution is 2.32. The molecule has 0 unspecified atom stereocenters. The van der Waals surface area contributed by atoms with Gasteiger partial charge in [-0.2, -0.15) is 0 Å². The van der Waals surface area contributed by atoms with Gasteiger partial charge in [0, 0.05) is 38.6 Å². The molecule has 2 aliphatic heterocycles. The van der Waals surface area contributed by atoms with Crippen LogP contribution >= 0.6 is 0 Å². The number of nitrogens with one attached hydrogen (secondary N) is 1. The van der Waals surface area contributed by atoms with Gasteiger partial charge in [0.25, 0.3) is 0 Å². The molecular weight excluding hydrogens is 254 g/mol. The van der Waals surface area contributed by atoms with Gasteiger partial charge in [0.1, 0.15) is 6.10 Å². The molecule has 1 N–H and O–H groups in total. The third-order valence-electron chi connectivity index (χ3n) is 4.34. The number of ether oxygens (including phenoxy) is 1. The van der Waals surface area contributed by atoms with Gasteiger partial charge < -0.3 is 10.1 Å². The van der Waals surface area contributed by atoms with Crippen molar-refractivity contribution in [1.82, 2.24) is 15.2 Å². The Balaban J connectivity index is 1.61. The Hall–Kier alpha value is -1.46. The maximum Gasteiger partial charge on any atom is 0.248 e. The van der Waals surface area contributed by atoms with Crippen LogP contribution in [0.4, 0.5) is 0 Å². The van der Waals surface area contributed by atoms with Gasteiger partial charge in [-0.25, -0.2) is 0 Å². The fraction of sp³-hybridized carbons (Fsp3) is 0.600. The predicted molar refractivity (Wildman–Crippen MR) is 75.0 cm³/mol. The van der Waals surface area contributed by atoms with Gasteiger partial charge in [-0.1, -0.05) is 0 Å². The molecule has 3 heterocycles. The number of aromatic nitrogens is 1. The van der Waals surface area contributed by atoms with E-state index in [9.17, 15) is 4.79 Å². The second-order valence-corrected chi connectivity index (χ2v) is 5.54. The van der Waals surface area contributed by atoms with Crippen molar-refractivity contribution < 1.29 is 9.53 Å². The molecule has 0 bridgehead atoms. The van der Waals surface area contributed by atoms with E-state index >= 15 is 0 Å². The summed E-state index contributed by atoms with van der Waals surface area (Å²) in [5.41, 5.74) is 1.29. The van der Waals surface area contributed by atoms with Crippen molar-refractivity contribution in [2.24, 2.45) is 0 Å². The fourth-order valence-corrected chi connectivity index (χ4v) is 3.29. The van der Waals surface area contributed by atoms with Crippen molar-refractivity contribution in [1.29, 1.82) is 0 Å². The number of fused-ring (bicyclic) bond motifs is 1. The zero-order valence-corrected chi connectivity index (χ0v) is 11.8. The summed E-state index contributed by atoms with van der Waals surface area (Å²) in [7, 11) is 1.67. The molecule has 2 fully saturated rings. The molecule has 0 spiro atoms. The molecule has 0 aliphatic carbocycles. The summed E-state index contributed by atoms with van der Waals surface area (Å²) in [4.78, 5) is 18.2. The Morgan fingerprint density at radius 3 is 2.95 bits per heavy atom. The number of carbonyl (C=O) groups is 1. The first-order valence-corrected chi connectivity index (χ1v) is 7.28. The minimum atomic E-state index is -0.262. The van der Waals surface area contributed by atoms with Crippen molar-refractivity contribution in [2.75, 3.05) is 13.6 Å². The molecule has 108 valence electrons. The quantitative estimate of drug-likeness (QED) is 0.892. The van der Waals surface area contributed by atoms with Crippen LogP contribution in [-0.2, 0) is 16.1 Å². The van der Waals surface area contributed by atoms with E-state index in [2.05, 4.69) is 27.3 Å². The Morgan fingerprint density at radius 2 is 2.20 bits per heavy atom. The third-order valence-corrected chi connectivity index (χ3v) is 4.34. The van der Waals surface area contributed by atoms with Crippen molar-refractivity contribution in [3.05, 3.63) is 30.1 Å². The SMILES string of the molecule is CNC(=O)[C@@H]1CC[C@@H]2[C@@H](CCN2Cc2ccncc2)O1. The molecule has 3 atom stereocenters. The Bertz CT molecular complexity index is 465. The van der Waals surface area contributed by atoms with Crippen LogP contribution in [0.1, 0.15) is 24.8 Å². The lowest BCUT2D eigenvalue weighted by molar-refractivity contribution is -0.143. The average Bonchev–Trinajstić information content (AvgIpc) is 2.90. The zero-order chi connectivity index (χ0) is 13.9. The number of amides is 1. The molecule has 1 aromatic rings. The van der Waals surface area contributed by atoms with Crippen molar-refractivity contribution >= 4 is 5.91 Å². The highest BCUT2D eigenvalue weighted by Gasteiger charge is 2.41. The normalized spacial score (nSPS) is 29.9. The Labute approximate surface area is 119 Å². The van der Waals surface area contributed by atoms with Crippen LogP contribution in [-0.4, -0.2) is 47.6 Å². The predicted octanol–water partition coefficient (Wildman–Crippen LogP) is 0.949. The van der Waals surface area contributed by atoms with E-state index in [0.717, 1.165) is 32.4 Å². The highest BCUT2D eigenvalue weighted by molar-refractivity contribution is 5.80. The van der Waals surface area contributed by atoms with Gasteiger partial charge in [0.15, 0.2) is 0 Å². The average molecular weight is 275 g/mol. The first kappa shape index (κ1) is 13.5. The monoisotopic (exact) mass is 275 g/mol. The van der Waals surface area contributed by atoms with Gasteiger partial charge in [-0.3, -0.25) is 14.7 Å². The number of carbonyl (C=O) groups excluding carboxylic acids is 1. The summed E-state index contributed by atoms with van der Waals surface area (Å²) >= 11 is 0. The topological polar surface area (TPSA) is 54.5 Å². The molecule has 2 saturated heterocycles. The molecular formula is C15H21N3O2. The van der Waals surface area contributed by atoms with Crippen molar-refractivity contribution in [3.8, 4) is 0 Å². The Kier molecular flexibility index (Phi) is 3.98. The molecule has 3 rings (SSSR count). The van der Waals surface area contributed by atoms with E-state index in [4.69, 9.17) is 4.74 Å². The van der Waals surface area contributed by atoms with Gasteiger partial charge in [0.05, 0.1) is 6.10 Å². The van der Waals surface area contributed by atoms with Crippen molar-refractivity contribution in [3.63, 3.8) is 0 Å². The van der Waals surface area contributed by atoms with Crippen LogP contribution in [0.5, 0.6) is 0 Å². The number of hydrogen-bond donors (Lipinski definition) is 1. The van der Waals surface area contributed by atoms with E-state index in [-0.39, 0.29) is 18.1 Å². The van der Waals surface area contributed by atoms with Crippen LogP contribution in [0.15, 0.2) is 24.5 Å². The summed E-state index contributed by atoms with van der Waals surface area (Å²) in [6.45, 7) is 1.98. The lowest BCUT2D eigenvalue weighted by Gasteiger charge is -2.35. The zero-order valence-electron chi connectivity index (χ0n) is 11.8. The van der Waals surface area contributed by atoms with E-state index in [0.29, 0.717) is 6.04 Å². The van der Waals surface area contributed by atoms with E-state index < -0.39 is 0 Å². The summed E-state index contributed by atoms with van der Waals surface area (Å²) in [5, 5.41) is 2.68. The van der Waals surface area contributed by atoms with E-state index in [1.165, 1.54) is 5.56 Å². The molecule has 0 saturated carbocycles. The van der Waals surface area contributed by atoms with Gasteiger partial charge in [-0.15, -0.1) is 0 Å². The largest absolute Gasteiger partial charge is 0.363 e. The number of likely N-dealkylation sites (tertiary alicyclic amines) is 1. The van der Waals surface area contributed by atoms with Crippen LogP contribution < -0.4 is 5.32 Å². The van der Waals surface area contributed by atoms with Crippen molar-refractivity contribution in [2.45, 2.75) is 44.1 Å². The molecule has 5 heteroatoms. The maximum absolute atomic E-state index is 11.7. The molecule has 5 nitrogen and oxygen atoms in total. The van der Waals surface area contributed by atoms with Gasteiger partial charge >= 0.3 is 0 Å². The summed E-state index contributed by atoms with van der Waals surface area (Å²) in [5.74, 6) is 0.0102. The fourth-order valence-electron chi connectivity index (χ4n) is 3.29. The summed E-state index contributed by atoms with van der Waals surface area (Å²) in [6.07, 6.45) is 6.48. The van der Waals surface area contributed by atoms with Crippen LogP contribution in [0.3, 0.4) is 0 Å². The molecule has 20 heavy (non-hydrogen) atoms. The first-order chi connectivity index (χ1) is 9.78. The number of hydrogen-bond acceptors (Lipinski definition) is 4. The van der Waals surface area contributed by atoms with Crippen LogP contribution in [0.25, 0.3) is 0 Å². The maximum atomic E-state index is 11.7. The van der Waals surface area contributed by atoms with E-state index in [1.54, 1.807) is 7.05 Å². The second kappa shape index (κ2) is 5.89. The smallest absolute Gasteiger partial charge is 0.248 e. The second-order valence-electron chi connectivity index (χ2n) is 5.54. The van der Waals surface area contributed by atoms with Crippen LogP contribution in [0, 0.1) is 0 Å². The van der Waals surface area contributed by atoms with Gasteiger partial charge in [-0.05, 0) is 37.0 Å². The summed E-state index contributed by atoms with van der Waals surface area (Å²) in [6, 6.07) is 4.57. The highest BCUT2D eigenvalue weighted by atomic mass is 16.5. The molecule has 0 aromatic carbocycles. The summed E-state index contributed by atoms with van der Waals surface area (Å²) < 4.78 is 5.96. The third kappa shape index (κ3) is 2.69. The molecule has 1 aromatic heterocycles. The minimum Gasteiger partial charge on any atom is -0.363 e. The lowest BCUT2D eigenvalue weighted by atomic mass is 9.98. The minimum absolute atomic E-state index is 0.0102. The van der Waals surface area contributed by atoms with Gasteiger partial charge in [0.2, 0.25) is 5.91 Å². The van der Waals surface area contributed by atoms with Crippen LogP contribution in [0.2, 0.25) is 0 Å². The molecule has 0 radical (unpaired) electrons. The first-order valence-electron chi connectivity index (χ1n) is 7.28. The molecule has 1 amide bonds. The number of pyridine rings is 1.